The predicted molar refractivity (Wildman–Crippen MR) is 88.1 cm³/mol. The molecule has 21 heavy (non-hydrogen) atoms. The molecule has 1 aliphatic heterocycles. The van der Waals surface area contributed by atoms with Crippen LogP contribution >= 0.6 is 11.6 Å². The summed E-state index contributed by atoms with van der Waals surface area (Å²) in [4.78, 5) is 4.73. The third kappa shape index (κ3) is 3.69. The van der Waals surface area contributed by atoms with E-state index in [2.05, 4.69) is 23.9 Å². The van der Waals surface area contributed by atoms with E-state index in [1.165, 1.54) is 12.8 Å². The van der Waals surface area contributed by atoms with Crippen molar-refractivity contribution in [3.05, 3.63) is 28.8 Å². The van der Waals surface area contributed by atoms with E-state index in [0.29, 0.717) is 12.6 Å². The van der Waals surface area contributed by atoms with Crippen molar-refractivity contribution < 1.29 is 4.74 Å². The van der Waals surface area contributed by atoms with Gasteiger partial charge in [0.15, 0.2) is 0 Å². The highest BCUT2D eigenvalue weighted by molar-refractivity contribution is 6.31. The Bertz CT molecular complexity index is 467. The van der Waals surface area contributed by atoms with Gasteiger partial charge in [-0.25, -0.2) is 0 Å². The molecule has 1 aromatic carbocycles. The zero-order chi connectivity index (χ0) is 15.4. The lowest BCUT2D eigenvalue weighted by Crippen LogP contribution is -2.42. The Morgan fingerprint density at radius 2 is 2.24 bits per heavy atom. The third-order valence-corrected chi connectivity index (χ3v) is 4.52. The first-order valence-electron chi connectivity index (χ1n) is 7.51. The number of nitrogens with zero attached hydrogens (tertiary/aromatic N) is 2. The summed E-state index contributed by atoms with van der Waals surface area (Å²) in [5.74, 6) is 0.827. The van der Waals surface area contributed by atoms with Crippen molar-refractivity contribution >= 4 is 11.6 Å². The third-order valence-electron chi connectivity index (χ3n) is 4.19. The van der Waals surface area contributed by atoms with E-state index in [9.17, 15) is 0 Å². The van der Waals surface area contributed by atoms with Crippen LogP contribution in [0.2, 0.25) is 5.02 Å². The summed E-state index contributed by atoms with van der Waals surface area (Å²) >= 11 is 6.44. The molecule has 5 heteroatoms. The molecule has 1 saturated heterocycles. The molecule has 118 valence electrons. The number of ether oxygens (including phenoxy) is 1. The molecular formula is C16H26ClN3O. The molecule has 0 bridgehead atoms. The number of hydrogen-bond donors (Lipinski definition) is 1. The Hall–Kier alpha value is -0.810. The minimum Gasteiger partial charge on any atom is -0.496 e. The van der Waals surface area contributed by atoms with Gasteiger partial charge in [0.2, 0.25) is 0 Å². The average Bonchev–Trinajstić information content (AvgIpc) is 2.88. The smallest absolute Gasteiger partial charge is 0.125 e. The molecule has 0 aromatic heterocycles. The summed E-state index contributed by atoms with van der Waals surface area (Å²) in [5.41, 5.74) is 7.12. The second-order valence-corrected chi connectivity index (χ2v) is 6.31. The summed E-state index contributed by atoms with van der Waals surface area (Å²) < 4.78 is 5.51. The molecular weight excluding hydrogens is 286 g/mol. The van der Waals surface area contributed by atoms with Gasteiger partial charge in [-0.1, -0.05) is 17.7 Å². The van der Waals surface area contributed by atoms with Crippen LogP contribution in [0.15, 0.2) is 18.2 Å². The van der Waals surface area contributed by atoms with Gasteiger partial charge >= 0.3 is 0 Å². The number of rotatable bonds is 6. The molecule has 2 rings (SSSR count). The highest BCUT2D eigenvalue weighted by Gasteiger charge is 2.33. The van der Waals surface area contributed by atoms with Gasteiger partial charge in [-0.3, -0.25) is 4.90 Å². The van der Waals surface area contributed by atoms with Gasteiger partial charge in [0, 0.05) is 29.7 Å². The Labute approximate surface area is 132 Å². The second kappa shape index (κ2) is 7.45. The molecule has 4 nitrogen and oxygen atoms in total. The van der Waals surface area contributed by atoms with Crippen LogP contribution in [0, 0.1) is 0 Å². The van der Waals surface area contributed by atoms with E-state index >= 15 is 0 Å². The normalized spacial score (nSPS) is 21.0. The summed E-state index contributed by atoms with van der Waals surface area (Å²) in [7, 11) is 5.91. The van der Waals surface area contributed by atoms with Gasteiger partial charge in [-0.05, 0) is 45.6 Å². The maximum absolute atomic E-state index is 6.44. The molecule has 2 atom stereocenters. The minimum atomic E-state index is 0.112. The van der Waals surface area contributed by atoms with Crippen molar-refractivity contribution in [1.82, 2.24) is 9.80 Å². The SMILES string of the molecule is COc1cccc(Cl)c1C(CN)N1CCCC1CN(C)C. The molecule has 0 aliphatic carbocycles. The van der Waals surface area contributed by atoms with Crippen molar-refractivity contribution in [1.29, 1.82) is 0 Å². The molecule has 2 unspecified atom stereocenters. The van der Waals surface area contributed by atoms with Crippen LogP contribution in [0.1, 0.15) is 24.4 Å². The second-order valence-electron chi connectivity index (χ2n) is 5.90. The van der Waals surface area contributed by atoms with Crippen molar-refractivity contribution in [2.75, 3.05) is 40.8 Å². The summed E-state index contributed by atoms with van der Waals surface area (Å²) in [6.45, 7) is 2.65. The average molecular weight is 312 g/mol. The highest BCUT2D eigenvalue weighted by Crippen LogP contribution is 2.38. The number of likely N-dealkylation sites (tertiary alicyclic amines) is 1. The number of nitrogens with two attached hydrogens (primary N) is 1. The number of methoxy groups -OCH3 is 1. The predicted octanol–water partition coefficient (Wildman–Crippen LogP) is 2.37. The number of likely N-dealkylation sites (N-methyl/N-ethyl adjacent to an activating group) is 1. The fourth-order valence-corrected chi connectivity index (χ4v) is 3.62. The van der Waals surface area contributed by atoms with Gasteiger partial charge in [-0.15, -0.1) is 0 Å². The van der Waals surface area contributed by atoms with Crippen molar-refractivity contribution in [3.8, 4) is 5.75 Å². The molecule has 0 spiro atoms. The van der Waals surface area contributed by atoms with Gasteiger partial charge in [0.1, 0.15) is 5.75 Å². The molecule has 0 saturated carbocycles. The molecule has 0 amide bonds. The summed E-state index contributed by atoms with van der Waals surface area (Å²) in [6.07, 6.45) is 2.42. The van der Waals surface area contributed by atoms with Crippen LogP contribution in [-0.4, -0.2) is 56.7 Å². The Morgan fingerprint density at radius 1 is 1.48 bits per heavy atom. The Balaban J connectivity index is 2.31. The first-order valence-corrected chi connectivity index (χ1v) is 7.89. The highest BCUT2D eigenvalue weighted by atomic mass is 35.5. The zero-order valence-electron chi connectivity index (χ0n) is 13.2. The summed E-state index contributed by atoms with van der Waals surface area (Å²) in [6, 6.07) is 6.43. The summed E-state index contributed by atoms with van der Waals surface area (Å²) in [5, 5.41) is 0.736. The molecule has 2 N–H and O–H groups in total. The monoisotopic (exact) mass is 311 g/mol. The van der Waals surface area contributed by atoms with Crippen molar-refractivity contribution in [3.63, 3.8) is 0 Å². The Morgan fingerprint density at radius 3 is 2.86 bits per heavy atom. The van der Waals surface area contributed by atoms with Crippen LogP contribution in [-0.2, 0) is 0 Å². The minimum absolute atomic E-state index is 0.112. The lowest BCUT2D eigenvalue weighted by molar-refractivity contribution is 0.153. The number of halogens is 1. The fraction of sp³-hybridized carbons (Fsp3) is 0.625. The van der Waals surface area contributed by atoms with Crippen LogP contribution in [0.4, 0.5) is 0 Å². The van der Waals surface area contributed by atoms with Gasteiger partial charge in [0.25, 0.3) is 0 Å². The van der Waals surface area contributed by atoms with E-state index in [1.54, 1.807) is 7.11 Å². The molecule has 1 aliphatic rings. The Kier molecular flexibility index (Phi) is 5.88. The van der Waals surface area contributed by atoms with Crippen LogP contribution in [0.25, 0.3) is 0 Å². The zero-order valence-corrected chi connectivity index (χ0v) is 13.9. The van der Waals surface area contributed by atoms with Crippen LogP contribution in [0.5, 0.6) is 5.75 Å². The van der Waals surface area contributed by atoms with E-state index in [4.69, 9.17) is 22.1 Å². The lowest BCUT2D eigenvalue weighted by Gasteiger charge is -2.35. The molecule has 1 heterocycles. The van der Waals surface area contributed by atoms with Gasteiger partial charge in [0.05, 0.1) is 13.2 Å². The van der Waals surface area contributed by atoms with E-state index in [0.717, 1.165) is 29.4 Å². The van der Waals surface area contributed by atoms with Gasteiger partial charge in [-0.2, -0.15) is 0 Å². The maximum atomic E-state index is 6.44. The van der Waals surface area contributed by atoms with Crippen molar-refractivity contribution in [2.45, 2.75) is 24.9 Å². The standard InChI is InChI=1S/C16H26ClN3O/c1-19(2)11-12-6-5-9-20(12)14(10-18)16-13(17)7-4-8-15(16)21-3/h4,7-8,12,14H,5-6,9-11,18H2,1-3H3. The topological polar surface area (TPSA) is 41.7 Å². The maximum Gasteiger partial charge on any atom is 0.125 e. The van der Waals surface area contributed by atoms with E-state index < -0.39 is 0 Å². The van der Waals surface area contributed by atoms with Crippen LogP contribution < -0.4 is 10.5 Å². The largest absolute Gasteiger partial charge is 0.496 e. The van der Waals surface area contributed by atoms with Crippen LogP contribution in [0.3, 0.4) is 0 Å². The lowest BCUT2D eigenvalue weighted by atomic mass is 10.0. The van der Waals surface area contributed by atoms with E-state index in [-0.39, 0.29) is 6.04 Å². The first kappa shape index (κ1) is 16.6. The quantitative estimate of drug-likeness (QED) is 0.876. The molecule has 0 radical (unpaired) electrons. The number of hydrogen-bond acceptors (Lipinski definition) is 4. The van der Waals surface area contributed by atoms with E-state index in [1.807, 2.05) is 18.2 Å². The fourth-order valence-electron chi connectivity index (χ4n) is 3.32. The molecule has 1 fully saturated rings. The molecule has 1 aromatic rings. The van der Waals surface area contributed by atoms with Crippen molar-refractivity contribution in [2.24, 2.45) is 5.73 Å². The van der Waals surface area contributed by atoms with Gasteiger partial charge < -0.3 is 15.4 Å². The number of benzene rings is 1. The first-order chi connectivity index (χ1) is 10.1.